The molecule has 2 nitrogen and oxygen atoms in total. The van der Waals surface area contributed by atoms with Crippen molar-refractivity contribution in [3.8, 4) is 5.75 Å². The van der Waals surface area contributed by atoms with Crippen molar-refractivity contribution in [2.24, 2.45) is 0 Å². The molecule has 128 valence electrons. The quantitative estimate of drug-likeness (QED) is 0.666. The first-order valence-corrected chi connectivity index (χ1v) is 8.71. The average molecular weight is 331 g/mol. The zero-order chi connectivity index (χ0) is 16.9. The van der Waals surface area contributed by atoms with Gasteiger partial charge in [0, 0.05) is 6.20 Å². The molecule has 0 aliphatic heterocycles. The zero-order valence-corrected chi connectivity index (χ0v) is 14.0. The van der Waals surface area contributed by atoms with Crippen molar-refractivity contribution in [3.63, 3.8) is 0 Å². The van der Waals surface area contributed by atoms with Crippen LogP contribution < -0.4 is 4.74 Å². The van der Waals surface area contributed by atoms with E-state index in [1.807, 2.05) is 12.1 Å². The highest BCUT2D eigenvalue weighted by Crippen LogP contribution is 2.40. The summed E-state index contributed by atoms with van der Waals surface area (Å²) in [6.07, 6.45) is 6.54. The Morgan fingerprint density at radius 1 is 1.00 bits per heavy atom. The van der Waals surface area contributed by atoms with E-state index in [1.54, 1.807) is 0 Å². The van der Waals surface area contributed by atoms with E-state index in [0.29, 0.717) is 5.92 Å². The zero-order valence-electron chi connectivity index (χ0n) is 14.0. The molecule has 3 rings (SSSR count). The molecule has 24 heavy (non-hydrogen) atoms. The third-order valence-electron chi connectivity index (χ3n) is 4.84. The number of nitrogens with zero attached hydrogens (tertiary/aromatic N) is 1. The maximum Gasteiger partial charge on any atom is 0.248 e. The first-order chi connectivity index (χ1) is 11.7. The molecule has 0 saturated heterocycles. The Labute approximate surface area is 141 Å². The van der Waals surface area contributed by atoms with Gasteiger partial charge in [-0.2, -0.15) is 4.39 Å². The Balaban J connectivity index is 1.59. The van der Waals surface area contributed by atoms with E-state index in [1.165, 1.54) is 17.8 Å². The smallest absolute Gasteiger partial charge is 0.248 e. The highest BCUT2D eigenvalue weighted by atomic mass is 19.2. The molecule has 1 fully saturated rings. The minimum absolute atomic E-state index is 0.274. The summed E-state index contributed by atoms with van der Waals surface area (Å²) >= 11 is 0. The number of hydrogen-bond acceptors (Lipinski definition) is 2. The summed E-state index contributed by atoms with van der Waals surface area (Å²) in [4.78, 5) is 3.51. The van der Waals surface area contributed by atoms with Crippen LogP contribution in [0, 0.1) is 11.8 Å². The minimum Gasteiger partial charge on any atom is -0.494 e. The first kappa shape index (κ1) is 16.9. The van der Waals surface area contributed by atoms with Crippen LogP contribution in [-0.2, 0) is 0 Å². The summed E-state index contributed by atoms with van der Waals surface area (Å²) in [6, 6.07) is 9.67. The Hall–Kier alpha value is -1.97. The third kappa shape index (κ3) is 3.92. The van der Waals surface area contributed by atoms with E-state index in [2.05, 4.69) is 24.0 Å². The second-order valence-corrected chi connectivity index (χ2v) is 6.51. The van der Waals surface area contributed by atoms with E-state index in [-0.39, 0.29) is 5.92 Å². The summed E-state index contributed by atoms with van der Waals surface area (Å²) in [6.45, 7) is 2.84. The number of benzene rings is 1. The van der Waals surface area contributed by atoms with Crippen molar-refractivity contribution in [1.29, 1.82) is 0 Å². The van der Waals surface area contributed by atoms with Gasteiger partial charge in [0.05, 0.1) is 6.61 Å². The molecule has 1 heterocycles. The van der Waals surface area contributed by atoms with Gasteiger partial charge in [-0.3, -0.25) is 0 Å². The molecule has 0 amide bonds. The van der Waals surface area contributed by atoms with Gasteiger partial charge in [0.15, 0.2) is 5.82 Å². The first-order valence-electron chi connectivity index (χ1n) is 8.71. The van der Waals surface area contributed by atoms with Gasteiger partial charge in [0.25, 0.3) is 0 Å². The van der Waals surface area contributed by atoms with Crippen LogP contribution in [0.2, 0.25) is 0 Å². The fourth-order valence-corrected chi connectivity index (χ4v) is 3.48. The molecule has 0 spiro atoms. The molecule has 1 aliphatic rings. The van der Waals surface area contributed by atoms with Crippen LogP contribution in [0.4, 0.5) is 8.78 Å². The van der Waals surface area contributed by atoms with Gasteiger partial charge in [-0.25, -0.2) is 9.37 Å². The minimum atomic E-state index is -1.02. The largest absolute Gasteiger partial charge is 0.494 e. The Bertz CT molecular complexity index is 664. The Kier molecular flexibility index (Phi) is 5.44. The second kappa shape index (κ2) is 7.73. The van der Waals surface area contributed by atoms with Crippen molar-refractivity contribution in [2.75, 3.05) is 6.61 Å². The highest BCUT2D eigenvalue weighted by Gasteiger charge is 2.24. The number of ether oxygens (including phenoxy) is 1. The van der Waals surface area contributed by atoms with E-state index in [0.717, 1.165) is 50.0 Å². The Morgan fingerprint density at radius 3 is 2.21 bits per heavy atom. The lowest BCUT2D eigenvalue weighted by Gasteiger charge is -2.29. The van der Waals surface area contributed by atoms with E-state index in [9.17, 15) is 8.78 Å². The van der Waals surface area contributed by atoms with Crippen LogP contribution in [0.15, 0.2) is 36.5 Å². The predicted molar refractivity (Wildman–Crippen MR) is 90.3 cm³/mol. The van der Waals surface area contributed by atoms with Crippen molar-refractivity contribution >= 4 is 0 Å². The molecular weight excluding hydrogens is 308 g/mol. The molecule has 0 radical (unpaired) electrons. The van der Waals surface area contributed by atoms with Crippen LogP contribution in [-0.4, -0.2) is 11.6 Å². The summed E-state index contributed by atoms with van der Waals surface area (Å²) in [5.41, 5.74) is 2.15. The average Bonchev–Trinajstić information content (AvgIpc) is 2.63. The molecule has 1 aliphatic carbocycles. The SMILES string of the molecule is CCCOc1ccc([C@H]2CC[C@H](c3cnc(F)c(F)c3)CC2)cc1. The van der Waals surface area contributed by atoms with E-state index < -0.39 is 11.8 Å². The third-order valence-corrected chi connectivity index (χ3v) is 4.84. The van der Waals surface area contributed by atoms with Crippen LogP contribution >= 0.6 is 0 Å². The summed E-state index contributed by atoms with van der Waals surface area (Å²) < 4.78 is 31.9. The lowest BCUT2D eigenvalue weighted by molar-refractivity contribution is 0.317. The maximum atomic E-state index is 13.4. The highest BCUT2D eigenvalue weighted by molar-refractivity contribution is 5.30. The van der Waals surface area contributed by atoms with Crippen LogP contribution in [0.5, 0.6) is 5.75 Å². The number of pyridine rings is 1. The molecule has 1 saturated carbocycles. The fraction of sp³-hybridized carbons (Fsp3) is 0.450. The molecule has 0 bridgehead atoms. The molecule has 1 aromatic heterocycles. The fourth-order valence-electron chi connectivity index (χ4n) is 3.48. The number of halogens is 2. The summed E-state index contributed by atoms with van der Waals surface area (Å²) in [5, 5.41) is 0. The molecule has 0 N–H and O–H groups in total. The monoisotopic (exact) mass is 331 g/mol. The van der Waals surface area contributed by atoms with Crippen molar-refractivity contribution < 1.29 is 13.5 Å². The normalized spacial score (nSPS) is 20.8. The molecule has 4 heteroatoms. The molecule has 0 atom stereocenters. The summed E-state index contributed by atoms with van der Waals surface area (Å²) in [7, 11) is 0. The number of hydrogen-bond donors (Lipinski definition) is 0. The molecular formula is C20H23F2NO. The van der Waals surface area contributed by atoms with Crippen molar-refractivity contribution in [2.45, 2.75) is 50.9 Å². The van der Waals surface area contributed by atoms with Crippen LogP contribution in [0.1, 0.15) is 62.0 Å². The van der Waals surface area contributed by atoms with Crippen LogP contribution in [0.25, 0.3) is 0 Å². The van der Waals surface area contributed by atoms with Crippen molar-refractivity contribution in [1.82, 2.24) is 4.98 Å². The van der Waals surface area contributed by atoms with E-state index >= 15 is 0 Å². The van der Waals surface area contributed by atoms with Gasteiger partial charge in [-0.05, 0) is 73.3 Å². The number of rotatable bonds is 5. The molecule has 0 unspecified atom stereocenters. The lowest BCUT2D eigenvalue weighted by atomic mass is 9.76. The Morgan fingerprint density at radius 2 is 1.62 bits per heavy atom. The lowest BCUT2D eigenvalue weighted by Crippen LogP contribution is -2.13. The van der Waals surface area contributed by atoms with Gasteiger partial charge in [0.2, 0.25) is 5.95 Å². The molecule has 1 aromatic carbocycles. The van der Waals surface area contributed by atoms with Gasteiger partial charge in [0.1, 0.15) is 5.75 Å². The summed E-state index contributed by atoms with van der Waals surface area (Å²) in [5.74, 6) is -0.145. The van der Waals surface area contributed by atoms with Gasteiger partial charge >= 0.3 is 0 Å². The van der Waals surface area contributed by atoms with E-state index in [4.69, 9.17) is 4.74 Å². The second-order valence-electron chi connectivity index (χ2n) is 6.51. The molecule has 2 aromatic rings. The van der Waals surface area contributed by atoms with Gasteiger partial charge in [-0.1, -0.05) is 19.1 Å². The van der Waals surface area contributed by atoms with Crippen LogP contribution in [0.3, 0.4) is 0 Å². The standard InChI is InChI=1S/C20H23F2NO/c1-2-11-24-18-9-7-15(8-10-18)14-3-5-16(6-4-14)17-12-19(21)20(22)23-13-17/h7-10,12-14,16H,2-6,11H2,1H3/t14-,16-. The topological polar surface area (TPSA) is 22.1 Å². The van der Waals surface area contributed by atoms with Gasteiger partial charge in [-0.15, -0.1) is 0 Å². The maximum absolute atomic E-state index is 13.4. The predicted octanol–water partition coefficient (Wildman–Crippen LogP) is 5.59. The van der Waals surface area contributed by atoms with Crippen molar-refractivity contribution in [3.05, 3.63) is 59.4 Å². The number of aromatic nitrogens is 1. The van der Waals surface area contributed by atoms with Gasteiger partial charge < -0.3 is 4.74 Å².